The van der Waals surface area contributed by atoms with Crippen molar-refractivity contribution in [2.24, 2.45) is 0 Å². The maximum absolute atomic E-state index is 12.4. The molecule has 0 atom stereocenters. The van der Waals surface area contributed by atoms with Crippen molar-refractivity contribution in [3.05, 3.63) is 94.4 Å². The molecule has 2 aromatic heterocycles. The van der Waals surface area contributed by atoms with E-state index in [4.69, 9.17) is 4.42 Å². The zero-order valence-electron chi connectivity index (χ0n) is 14.6. The Labute approximate surface area is 155 Å². The third kappa shape index (κ3) is 3.48. The van der Waals surface area contributed by atoms with Crippen molar-refractivity contribution in [1.82, 2.24) is 4.98 Å². The second-order valence-corrected chi connectivity index (χ2v) is 6.25. The molecular formula is C22H16N2O3. The average molecular weight is 356 g/mol. The van der Waals surface area contributed by atoms with Crippen LogP contribution in [0.25, 0.3) is 22.3 Å². The van der Waals surface area contributed by atoms with E-state index >= 15 is 0 Å². The Hall–Kier alpha value is -3.73. The molecule has 2 aromatic carbocycles. The topological polar surface area (TPSA) is 72.2 Å². The molecule has 0 aliphatic rings. The minimum atomic E-state index is -0.231. The van der Waals surface area contributed by atoms with Crippen molar-refractivity contribution in [3.8, 4) is 11.3 Å². The lowest BCUT2D eigenvalue weighted by Crippen LogP contribution is -2.11. The molecule has 2 heterocycles. The number of aryl methyl sites for hydroxylation is 1. The van der Waals surface area contributed by atoms with Crippen LogP contribution in [0.1, 0.15) is 15.9 Å². The van der Waals surface area contributed by atoms with E-state index in [9.17, 15) is 9.59 Å². The minimum Gasteiger partial charge on any atom is -0.456 e. The second kappa shape index (κ2) is 6.88. The number of anilines is 1. The van der Waals surface area contributed by atoms with E-state index in [1.165, 1.54) is 6.07 Å². The molecule has 132 valence electrons. The molecule has 1 amide bonds. The van der Waals surface area contributed by atoms with E-state index in [1.54, 1.807) is 54.9 Å². The van der Waals surface area contributed by atoms with Crippen LogP contribution in [0.4, 0.5) is 5.69 Å². The van der Waals surface area contributed by atoms with E-state index in [0.717, 1.165) is 11.1 Å². The van der Waals surface area contributed by atoms with Gasteiger partial charge in [0.05, 0.1) is 17.3 Å². The Morgan fingerprint density at radius 2 is 1.85 bits per heavy atom. The largest absolute Gasteiger partial charge is 0.456 e. The summed E-state index contributed by atoms with van der Waals surface area (Å²) in [4.78, 5) is 28.7. The summed E-state index contributed by atoms with van der Waals surface area (Å²) in [5, 5.41) is 3.34. The predicted molar refractivity (Wildman–Crippen MR) is 105 cm³/mol. The molecule has 4 aromatic rings. The molecule has 1 N–H and O–H groups in total. The lowest BCUT2D eigenvalue weighted by molar-refractivity contribution is 0.102. The van der Waals surface area contributed by atoms with Crippen molar-refractivity contribution in [1.29, 1.82) is 0 Å². The fourth-order valence-electron chi connectivity index (χ4n) is 2.84. The number of aromatic nitrogens is 1. The Morgan fingerprint density at radius 3 is 2.59 bits per heavy atom. The Kier molecular flexibility index (Phi) is 4.26. The van der Waals surface area contributed by atoms with Crippen LogP contribution in [0.2, 0.25) is 0 Å². The summed E-state index contributed by atoms with van der Waals surface area (Å²) in [5.41, 5.74) is 3.32. The first-order valence-electron chi connectivity index (χ1n) is 8.46. The van der Waals surface area contributed by atoms with Crippen LogP contribution in [0, 0.1) is 6.92 Å². The highest BCUT2D eigenvalue weighted by molar-refractivity contribution is 6.04. The number of carbonyl (C=O) groups excluding carboxylic acids is 1. The average Bonchev–Trinajstić information content (AvgIpc) is 2.69. The molecule has 0 fully saturated rings. The molecule has 0 aliphatic heterocycles. The molecule has 0 bridgehead atoms. The molecule has 0 saturated carbocycles. The third-order valence-corrected chi connectivity index (χ3v) is 4.23. The maximum Gasteiger partial charge on any atom is 0.255 e. The number of hydrogen-bond donors (Lipinski definition) is 1. The summed E-state index contributed by atoms with van der Waals surface area (Å²) in [7, 11) is 0. The van der Waals surface area contributed by atoms with Crippen LogP contribution >= 0.6 is 0 Å². The zero-order chi connectivity index (χ0) is 18.8. The Bertz CT molecular complexity index is 1180. The molecule has 27 heavy (non-hydrogen) atoms. The van der Waals surface area contributed by atoms with Crippen molar-refractivity contribution < 1.29 is 9.21 Å². The SMILES string of the molecule is Cc1ccc2oc(-c3ccc(C(=O)Nc4cccnc4)cc3)cc(=O)c2c1. The first-order chi connectivity index (χ1) is 13.1. The van der Waals surface area contributed by atoms with E-state index in [1.807, 2.05) is 19.1 Å². The van der Waals surface area contributed by atoms with Crippen molar-refractivity contribution in [2.75, 3.05) is 5.32 Å². The van der Waals surface area contributed by atoms with Crippen molar-refractivity contribution in [3.63, 3.8) is 0 Å². The highest BCUT2D eigenvalue weighted by atomic mass is 16.3. The van der Waals surface area contributed by atoms with Gasteiger partial charge in [-0.05, 0) is 43.3 Å². The lowest BCUT2D eigenvalue weighted by atomic mass is 10.1. The maximum atomic E-state index is 12.4. The summed E-state index contributed by atoms with van der Waals surface area (Å²) in [6.07, 6.45) is 3.22. The molecule has 0 radical (unpaired) electrons. The van der Waals surface area contributed by atoms with Crippen LogP contribution in [0.3, 0.4) is 0 Å². The highest BCUT2D eigenvalue weighted by Gasteiger charge is 2.10. The fourth-order valence-corrected chi connectivity index (χ4v) is 2.84. The smallest absolute Gasteiger partial charge is 0.255 e. The van der Waals surface area contributed by atoms with Gasteiger partial charge in [0.1, 0.15) is 11.3 Å². The van der Waals surface area contributed by atoms with Gasteiger partial charge in [0, 0.05) is 23.4 Å². The summed E-state index contributed by atoms with van der Waals surface area (Å²) in [6.45, 7) is 1.93. The number of pyridine rings is 1. The summed E-state index contributed by atoms with van der Waals surface area (Å²) in [5.74, 6) is 0.237. The van der Waals surface area contributed by atoms with Gasteiger partial charge in [-0.1, -0.05) is 23.8 Å². The molecule has 0 aliphatic carbocycles. The Morgan fingerprint density at radius 1 is 1.04 bits per heavy atom. The monoisotopic (exact) mass is 356 g/mol. The Balaban J connectivity index is 1.62. The van der Waals surface area contributed by atoms with Gasteiger partial charge in [-0.25, -0.2) is 0 Å². The van der Waals surface area contributed by atoms with E-state index in [-0.39, 0.29) is 11.3 Å². The molecule has 0 saturated heterocycles. The van der Waals surface area contributed by atoms with Crippen LogP contribution in [0.5, 0.6) is 0 Å². The molecular weight excluding hydrogens is 340 g/mol. The normalized spacial score (nSPS) is 10.7. The van der Waals surface area contributed by atoms with E-state index in [2.05, 4.69) is 10.3 Å². The van der Waals surface area contributed by atoms with Gasteiger partial charge < -0.3 is 9.73 Å². The molecule has 0 unspecified atom stereocenters. The van der Waals surface area contributed by atoms with Crippen molar-refractivity contribution >= 4 is 22.6 Å². The van der Waals surface area contributed by atoms with Gasteiger partial charge >= 0.3 is 0 Å². The number of rotatable bonds is 3. The second-order valence-electron chi connectivity index (χ2n) is 6.25. The van der Waals surface area contributed by atoms with Gasteiger partial charge in [-0.15, -0.1) is 0 Å². The van der Waals surface area contributed by atoms with Crippen LogP contribution < -0.4 is 10.7 Å². The van der Waals surface area contributed by atoms with Crippen LogP contribution in [-0.2, 0) is 0 Å². The molecule has 5 nitrogen and oxygen atoms in total. The minimum absolute atomic E-state index is 0.0895. The molecule has 0 spiro atoms. The van der Waals surface area contributed by atoms with Gasteiger partial charge in [-0.2, -0.15) is 0 Å². The predicted octanol–water partition coefficient (Wildman–Crippen LogP) is 4.42. The van der Waals surface area contributed by atoms with Gasteiger partial charge in [0.2, 0.25) is 0 Å². The number of nitrogens with zero attached hydrogens (tertiary/aromatic N) is 1. The highest BCUT2D eigenvalue weighted by Crippen LogP contribution is 2.23. The summed E-state index contributed by atoms with van der Waals surface area (Å²) >= 11 is 0. The summed E-state index contributed by atoms with van der Waals surface area (Å²) in [6, 6.07) is 17.4. The quantitative estimate of drug-likeness (QED) is 0.590. The molecule has 4 rings (SSSR count). The van der Waals surface area contributed by atoms with Crippen LogP contribution in [0.15, 0.2) is 82.3 Å². The number of fused-ring (bicyclic) bond motifs is 1. The third-order valence-electron chi connectivity index (χ3n) is 4.23. The van der Waals surface area contributed by atoms with E-state index in [0.29, 0.717) is 28.0 Å². The lowest BCUT2D eigenvalue weighted by Gasteiger charge is -2.07. The van der Waals surface area contributed by atoms with Crippen molar-refractivity contribution in [2.45, 2.75) is 6.92 Å². The van der Waals surface area contributed by atoms with Gasteiger partial charge in [-0.3, -0.25) is 14.6 Å². The zero-order valence-corrected chi connectivity index (χ0v) is 14.6. The fraction of sp³-hybridized carbons (Fsp3) is 0.0455. The standard InChI is InChI=1S/C22H16N2O3/c1-14-4-9-20-18(11-14)19(25)12-21(27-20)15-5-7-16(8-6-15)22(26)24-17-3-2-10-23-13-17/h2-13H,1H3,(H,24,26). The summed E-state index contributed by atoms with van der Waals surface area (Å²) < 4.78 is 5.87. The van der Waals surface area contributed by atoms with Gasteiger partial charge in [0.15, 0.2) is 5.43 Å². The number of nitrogens with one attached hydrogen (secondary N) is 1. The first-order valence-corrected chi connectivity index (χ1v) is 8.46. The number of amides is 1. The number of benzene rings is 2. The number of carbonyl (C=O) groups is 1. The molecule has 5 heteroatoms. The van der Waals surface area contributed by atoms with Gasteiger partial charge in [0.25, 0.3) is 5.91 Å². The first kappa shape index (κ1) is 16.7. The number of hydrogen-bond acceptors (Lipinski definition) is 4. The van der Waals surface area contributed by atoms with E-state index < -0.39 is 0 Å². The van der Waals surface area contributed by atoms with Crippen LogP contribution in [-0.4, -0.2) is 10.9 Å².